The molecule has 2 heterocycles. The van der Waals surface area contributed by atoms with E-state index in [-0.39, 0.29) is 23.5 Å². The van der Waals surface area contributed by atoms with Crippen LogP contribution in [0, 0.1) is 6.92 Å². The predicted octanol–water partition coefficient (Wildman–Crippen LogP) is 4.30. The summed E-state index contributed by atoms with van der Waals surface area (Å²) in [5.41, 5.74) is 8.37. The van der Waals surface area contributed by atoms with Crippen molar-refractivity contribution in [2.45, 2.75) is 19.1 Å². The number of alkyl halides is 2. The minimum absolute atomic E-state index is 0.0495. The van der Waals surface area contributed by atoms with Crippen LogP contribution >= 0.6 is 11.6 Å². The second-order valence-corrected chi connectivity index (χ2v) is 7.15. The third-order valence-corrected chi connectivity index (χ3v) is 5.02. The fourth-order valence-corrected chi connectivity index (χ4v) is 3.59. The predicted molar refractivity (Wildman–Crippen MR) is 109 cm³/mol. The molecule has 154 valence electrons. The third-order valence-electron chi connectivity index (χ3n) is 4.84. The molecule has 0 bridgehead atoms. The quantitative estimate of drug-likeness (QED) is 0.652. The number of nitrogens with zero attached hydrogens (tertiary/aromatic N) is 3. The maximum Gasteiger partial charge on any atom is 0.387 e. The first kappa shape index (κ1) is 20.0. The Morgan fingerprint density at radius 2 is 1.97 bits per heavy atom. The maximum atomic E-state index is 12.6. The van der Waals surface area contributed by atoms with Gasteiger partial charge in [-0.15, -0.1) is 0 Å². The van der Waals surface area contributed by atoms with Crippen LogP contribution in [0.3, 0.4) is 0 Å². The second-order valence-electron chi connectivity index (χ2n) is 6.77. The number of ether oxygens (including phenoxy) is 2. The average Bonchev–Trinajstić information content (AvgIpc) is 3.12. The van der Waals surface area contributed by atoms with Gasteiger partial charge in [0.1, 0.15) is 17.5 Å². The largest absolute Gasteiger partial charge is 0.462 e. The minimum atomic E-state index is -2.90. The van der Waals surface area contributed by atoms with Crippen LogP contribution in [0.25, 0.3) is 11.3 Å². The summed E-state index contributed by atoms with van der Waals surface area (Å²) in [5.74, 6) is 0.0997. The van der Waals surface area contributed by atoms with E-state index in [1.165, 1.54) is 12.3 Å². The van der Waals surface area contributed by atoms with E-state index in [4.69, 9.17) is 22.1 Å². The van der Waals surface area contributed by atoms with Crippen LogP contribution in [0.15, 0.2) is 59.9 Å². The average molecular weight is 431 g/mol. The van der Waals surface area contributed by atoms with E-state index >= 15 is 0 Å². The van der Waals surface area contributed by atoms with Crippen molar-refractivity contribution < 1.29 is 18.3 Å². The van der Waals surface area contributed by atoms with Gasteiger partial charge < -0.3 is 15.2 Å². The summed E-state index contributed by atoms with van der Waals surface area (Å²) in [7, 11) is 0. The molecule has 9 heteroatoms. The van der Waals surface area contributed by atoms with Crippen molar-refractivity contribution in [2.24, 2.45) is 10.7 Å². The molecule has 2 aromatic carbocycles. The summed E-state index contributed by atoms with van der Waals surface area (Å²) < 4.78 is 35.3. The first-order valence-electron chi connectivity index (χ1n) is 9.00. The number of aromatic nitrogens is 2. The molecule has 0 saturated carbocycles. The van der Waals surface area contributed by atoms with E-state index in [9.17, 15) is 8.78 Å². The molecule has 0 aliphatic carbocycles. The highest BCUT2D eigenvalue weighted by Gasteiger charge is 2.40. The zero-order valence-corrected chi connectivity index (χ0v) is 16.6. The van der Waals surface area contributed by atoms with Crippen molar-refractivity contribution in [1.82, 2.24) is 9.97 Å². The Kier molecular flexibility index (Phi) is 5.26. The highest BCUT2D eigenvalue weighted by Crippen LogP contribution is 2.40. The normalized spacial score (nSPS) is 18.2. The zero-order valence-electron chi connectivity index (χ0n) is 15.8. The third kappa shape index (κ3) is 3.78. The molecule has 3 aromatic rings. The van der Waals surface area contributed by atoms with Gasteiger partial charge in [-0.2, -0.15) is 8.78 Å². The van der Waals surface area contributed by atoms with Gasteiger partial charge in [0.15, 0.2) is 5.54 Å². The lowest BCUT2D eigenvalue weighted by Crippen LogP contribution is -2.27. The number of hydrogen-bond donors (Lipinski definition) is 1. The first-order chi connectivity index (χ1) is 14.4. The van der Waals surface area contributed by atoms with Crippen LogP contribution in [0.5, 0.6) is 5.75 Å². The summed E-state index contributed by atoms with van der Waals surface area (Å²) >= 11 is 5.97. The van der Waals surface area contributed by atoms with E-state index in [2.05, 4.69) is 19.7 Å². The number of benzene rings is 2. The first-order valence-corrected chi connectivity index (χ1v) is 9.38. The molecule has 1 aromatic heterocycles. The molecule has 1 atom stereocenters. The summed E-state index contributed by atoms with van der Waals surface area (Å²) in [6.07, 6.45) is 3.07. The number of halogens is 3. The van der Waals surface area contributed by atoms with E-state index < -0.39 is 12.2 Å². The highest BCUT2D eigenvalue weighted by molar-refractivity contribution is 6.29. The molecule has 0 spiro atoms. The monoisotopic (exact) mass is 430 g/mol. The summed E-state index contributed by atoms with van der Waals surface area (Å²) in [5, 5.41) is 0.282. The SMILES string of the molecule is Cc1cc(C2(c3cccc(-c4cncc(Cl)n4)c3)COC(N)=N2)ccc1OC(F)F. The molecule has 0 saturated heterocycles. The van der Waals surface area contributed by atoms with Gasteiger partial charge in [-0.1, -0.05) is 35.9 Å². The van der Waals surface area contributed by atoms with Crippen molar-refractivity contribution in [2.75, 3.05) is 6.61 Å². The highest BCUT2D eigenvalue weighted by atomic mass is 35.5. The van der Waals surface area contributed by atoms with Crippen molar-refractivity contribution in [3.8, 4) is 17.0 Å². The summed E-state index contributed by atoms with van der Waals surface area (Å²) in [4.78, 5) is 12.9. The number of hydrogen-bond acceptors (Lipinski definition) is 6. The minimum Gasteiger partial charge on any atom is -0.462 e. The van der Waals surface area contributed by atoms with Crippen LogP contribution < -0.4 is 10.5 Å². The number of rotatable bonds is 5. The molecule has 1 aliphatic heterocycles. The molecule has 0 fully saturated rings. The van der Waals surface area contributed by atoms with E-state index in [0.29, 0.717) is 11.3 Å². The Labute approximate surface area is 176 Å². The molecule has 0 amide bonds. The molecule has 1 unspecified atom stereocenters. The second kappa shape index (κ2) is 7.87. The van der Waals surface area contributed by atoms with E-state index in [1.54, 1.807) is 25.3 Å². The summed E-state index contributed by atoms with van der Waals surface area (Å²) in [6, 6.07) is 12.5. The van der Waals surface area contributed by atoms with Gasteiger partial charge in [0.25, 0.3) is 6.02 Å². The molecule has 0 radical (unpaired) electrons. The van der Waals surface area contributed by atoms with Gasteiger partial charge in [0.05, 0.1) is 18.1 Å². The lowest BCUT2D eigenvalue weighted by atomic mass is 9.83. The number of aryl methyl sites for hydroxylation is 1. The fraction of sp³-hybridized carbons (Fsp3) is 0.190. The topological polar surface area (TPSA) is 82.6 Å². The van der Waals surface area contributed by atoms with Gasteiger partial charge in [-0.3, -0.25) is 4.98 Å². The van der Waals surface area contributed by atoms with Crippen molar-refractivity contribution in [1.29, 1.82) is 0 Å². The molecule has 4 rings (SSSR count). The Hall–Kier alpha value is -3.26. The van der Waals surface area contributed by atoms with Gasteiger partial charge in [0.2, 0.25) is 0 Å². The van der Waals surface area contributed by atoms with Crippen LogP contribution in [-0.4, -0.2) is 29.2 Å². The van der Waals surface area contributed by atoms with Gasteiger partial charge in [-0.05, 0) is 41.8 Å². The Morgan fingerprint density at radius 1 is 1.17 bits per heavy atom. The zero-order chi connectivity index (χ0) is 21.3. The van der Waals surface area contributed by atoms with Crippen LogP contribution in [0.2, 0.25) is 5.15 Å². The smallest absolute Gasteiger partial charge is 0.387 e. The number of aliphatic imine (C=N–C) groups is 1. The molecule has 1 aliphatic rings. The maximum absolute atomic E-state index is 12.6. The summed E-state index contributed by atoms with van der Waals surface area (Å²) in [6.45, 7) is -1.05. The lowest BCUT2D eigenvalue weighted by molar-refractivity contribution is -0.0503. The van der Waals surface area contributed by atoms with Crippen molar-refractivity contribution in [3.05, 3.63) is 76.7 Å². The van der Waals surface area contributed by atoms with Crippen LogP contribution in [-0.2, 0) is 10.3 Å². The van der Waals surface area contributed by atoms with Gasteiger partial charge in [-0.25, -0.2) is 9.98 Å². The molecule has 6 nitrogen and oxygen atoms in total. The molecular formula is C21H17ClF2N4O2. The van der Waals surface area contributed by atoms with Crippen LogP contribution in [0.4, 0.5) is 8.78 Å². The number of nitrogens with two attached hydrogens (primary N) is 1. The van der Waals surface area contributed by atoms with Gasteiger partial charge in [0, 0.05) is 5.56 Å². The Balaban J connectivity index is 1.81. The lowest BCUT2D eigenvalue weighted by Gasteiger charge is -2.26. The van der Waals surface area contributed by atoms with Crippen LogP contribution in [0.1, 0.15) is 16.7 Å². The van der Waals surface area contributed by atoms with Gasteiger partial charge >= 0.3 is 6.61 Å². The van der Waals surface area contributed by atoms with Crippen molar-refractivity contribution in [3.63, 3.8) is 0 Å². The fourth-order valence-electron chi connectivity index (χ4n) is 3.45. The molecule has 30 heavy (non-hydrogen) atoms. The van der Waals surface area contributed by atoms with E-state index in [1.807, 2.05) is 24.3 Å². The molecular weight excluding hydrogens is 414 g/mol. The number of amidine groups is 1. The van der Waals surface area contributed by atoms with Crippen molar-refractivity contribution >= 4 is 17.6 Å². The Morgan fingerprint density at radius 3 is 2.63 bits per heavy atom. The standard InChI is InChI=1S/C21H17ClF2N4O2/c1-12-7-15(5-6-17(12)30-19(23)24)21(11-29-20(25)28-21)14-4-2-3-13(8-14)16-9-26-10-18(22)27-16/h2-10,19H,11H2,1H3,(H2,25,28). The Bertz CT molecular complexity index is 1130. The van der Waals surface area contributed by atoms with E-state index in [0.717, 1.165) is 16.7 Å². The molecule has 2 N–H and O–H groups in total.